The van der Waals surface area contributed by atoms with Gasteiger partial charge in [0.15, 0.2) is 6.29 Å². The largest absolute Gasteiger partial charge is 0.339 e. The Balaban J connectivity index is 2.19. The molecule has 0 aliphatic rings. The fourth-order valence-corrected chi connectivity index (χ4v) is 2.79. The van der Waals surface area contributed by atoms with Crippen LogP contribution in [-0.2, 0) is 6.54 Å². The minimum Gasteiger partial charge on any atom is -0.339 e. The molecule has 0 bridgehead atoms. The molecule has 0 aliphatic heterocycles. The Labute approximate surface area is 139 Å². The van der Waals surface area contributed by atoms with E-state index in [2.05, 4.69) is 35.6 Å². The Kier molecular flexibility index (Phi) is 6.79. The van der Waals surface area contributed by atoms with Gasteiger partial charge in [-0.15, -0.1) is 0 Å². The Hall–Kier alpha value is -2.16. The van der Waals surface area contributed by atoms with Crippen molar-refractivity contribution in [2.45, 2.75) is 46.1 Å². The molecule has 1 atom stereocenters. The fraction of sp³-hybridized carbons (Fsp3) is 0.400. The first-order valence-corrected chi connectivity index (χ1v) is 8.51. The summed E-state index contributed by atoms with van der Waals surface area (Å²) >= 11 is 0. The van der Waals surface area contributed by atoms with Gasteiger partial charge >= 0.3 is 0 Å². The smallest absolute Gasteiger partial charge is 0.166 e. The maximum Gasteiger partial charge on any atom is 0.166 e. The lowest BCUT2D eigenvalue weighted by Crippen LogP contribution is -2.13. The van der Waals surface area contributed by atoms with Gasteiger partial charge in [0.2, 0.25) is 0 Å². The molecule has 3 heteroatoms. The lowest BCUT2D eigenvalue weighted by Gasteiger charge is -2.18. The van der Waals surface area contributed by atoms with Crippen molar-refractivity contribution in [3.05, 3.63) is 53.6 Å². The van der Waals surface area contributed by atoms with Crippen LogP contribution in [0.4, 0.5) is 0 Å². The molecular formula is C20H26N2O. The van der Waals surface area contributed by atoms with Gasteiger partial charge < -0.3 is 4.57 Å². The molecule has 1 unspecified atom stereocenters. The van der Waals surface area contributed by atoms with E-state index >= 15 is 0 Å². The van der Waals surface area contributed by atoms with Gasteiger partial charge in [0.1, 0.15) is 0 Å². The average molecular weight is 310 g/mol. The third kappa shape index (κ3) is 4.92. The Morgan fingerprint density at radius 3 is 2.48 bits per heavy atom. The van der Waals surface area contributed by atoms with Crippen LogP contribution in [0.15, 0.2) is 36.7 Å². The summed E-state index contributed by atoms with van der Waals surface area (Å²) in [6.45, 7) is 5.37. The molecule has 2 aromatic rings. The normalized spacial score (nSPS) is 12.6. The summed E-state index contributed by atoms with van der Waals surface area (Å²) in [5.74, 6) is 0.620. The molecule has 0 aromatic carbocycles. The van der Waals surface area contributed by atoms with Crippen LogP contribution >= 0.6 is 0 Å². The second kappa shape index (κ2) is 9.09. The number of carbonyl (C=O) groups is 1. The summed E-state index contributed by atoms with van der Waals surface area (Å²) in [6.07, 6.45) is 13.5. The molecule has 2 aromatic heterocycles. The Bertz CT molecular complexity index is 628. The maximum absolute atomic E-state index is 11.3. The van der Waals surface area contributed by atoms with E-state index in [4.69, 9.17) is 0 Å². The number of pyridine rings is 1. The zero-order valence-corrected chi connectivity index (χ0v) is 14.1. The molecule has 0 saturated heterocycles. The molecule has 2 rings (SSSR count). The van der Waals surface area contributed by atoms with E-state index in [-0.39, 0.29) is 0 Å². The van der Waals surface area contributed by atoms with Gasteiger partial charge in [0, 0.05) is 24.6 Å². The highest BCUT2D eigenvalue weighted by Crippen LogP contribution is 2.20. The average Bonchev–Trinajstić information content (AvgIpc) is 2.99. The minimum atomic E-state index is 0.620. The first-order chi connectivity index (χ1) is 11.3. The van der Waals surface area contributed by atoms with Crippen LogP contribution in [0, 0.1) is 5.92 Å². The van der Waals surface area contributed by atoms with Crippen molar-refractivity contribution in [2.24, 2.45) is 5.92 Å². The highest BCUT2D eigenvalue weighted by Gasteiger charge is 2.12. The van der Waals surface area contributed by atoms with Crippen molar-refractivity contribution in [3.8, 4) is 0 Å². The van der Waals surface area contributed by atoms with E-state index in [1.807, 2.05) is 24.3 Å². The fourth-order valence-electron chi connectivity index (χ4n) is 2.79. The third-order valence-electron chi connectivity index (χ3n) is 4.31. The molecule has 3 nitrogen and oxygen atoms in total. The molecule has 23 heavy (non-hydrogen) atoms. The molecule has 0 saturated carbocycles. The van der Waals surface area contributed by atoms with E-state index < -0.39 is 0 Å². The molecular weight excluding hydrogens is 284 g/mol. The van der Waals surface area contributed by atoms with Crippen molar-refractivity contribution in [1.82, 2.24) is 9.55 Å². The van der Waals surface area contributed by atoms with E-state index in [1.54, 1.807) is 12.4 Å². The summed E-state index contributed by atoms with van der Waals surface area (Å²) in [5, 5.41) is 0. The van der Waals surface area contributed by atoms with Gasteiger partial charge in [-0.05, 0) is 48.2 Å². The predicted octanol–water partition coefficient (Wildman–Crippen LogP) is 5.08. The van der Waals surface area contributed by atoms with E-state index in [0.717, 1.165) is 36.2 Å². The summed E-state index contributed by atoms with van der Waals surface area (Å²) < 4.78 is 2.15. The third-order valence-corrected chi connectivity index (χ3v) is 4.31. The van der Waals surface area contributed by atoms with Gasteiger partial charge in [-0.1, -0.05) is 39.2 Å². The van der Waals surface area contributed by atoms with E-state index in [0.29, 0.717) is 5.92 Å². The summed E-state index contributed by atoms with van der Waals surface area (Å²) in [7, 11) is 0. The van der Waals surface area contributed by atoms with Crippen molar-refractivity contribution < 1.29 is 4.79 Å². The Morgan fingerprint density at radius 2 is 1.83 bits per heavy atom. The van der Waals surface area contributed by atoms with Crippen molar-refractivity contribution in [2.75, 3.05) is 0 Å². The zero-order valence-electron chi connectivity index (χ0n) is 14.1. The second-order valence-corrected chi connectivity index (χ2v) is 5.94. The number of carbonyl (C=O) groups excluding carboxylic acids is 1. The molecule has 0 amide bonds. The maximum atomic E-state index is 11.3. The van der Waals surface area contributed by atoms with Crippen LogP contribution in [0.1, 0.15) is 61.3 Å². The molecule has 0 aliphatic carbocycles. The molecule has 122 valence electrons. The molecule has 0 radical (unpaired) electrons. The minimum absolute atomic E-state index is 0.620. The molecule has 0 fully saturated rings. The monoisotopic (exact) mass is 310 g/mol. The highest BCUT2D eigenvalue weighted by molar-refractivity contribution is 5.76. The van der Waals surface area contributed by atoms with E-state index in [9.17, 15) is 4.79 Å². The quantitative estimate of drug-likeness (QED) is 0.605. The SMILES string of the molecule is CCCCC(CC)Cn1c(C=O)ccc1/C=C/c1ccncc1. The van der Waals surface area contributed by atoms with Crippen molar-refractivity contribution >= 4 is 18.4 Å². The van der Waals surface area contributed by atoms with Crippen molar-refractivity contribution in [3.63, 3.8) is 0 Å². The number of hydrogen-bond donors (Lipinski definition) is 0. The first-order valence-electron chi connectivity index (χ1n) is 8.51. The second-order valence-electron chi connectivity index (χ2n) is 5.94. The zero-order chi connectivity index (χ0) is 16.5. The highest BCUT2D eigenvalue weighted by atomic mass is 16.1. The summed E-state index contributed by atoms with van der Waals surface area (Å²) in [5.41, 5.74) is 2.95. The number of nitrogens with zero attached hydrogens (tertiary/aromatic N) is 2. The summed E-state index contributed by atoms with van der Waals surface area (Å²) in [6, 6.07) is 7.88. The lowest BCUT2D eigenvalue weighted by atomic mass is 9.99. The van der Waals surface area contributed by atoms with Crippen LogP contribution in [0.5, 0.6) is 0 Å². The van der Waals surface area contributed by atoms with Crippen molar-refractivity contribution in [1.29, 1.82) is 0 Å². The van der Waals surface area contributed by atoms with Crippen LogP contribution in [-0.4, -0.2) is 15.8 Å². The number of aromatic nitrogens is 2. The van der Waals surface area contributed by atoms with Crippen LogP contribution in [0.3, 0.4) is 0 Å². The van der Waals surface area contributed by atoms with Crippen LogP contribution in [0.2, 0.25) is 0 Å². The van der Waals surface area contributed by atoms with Gasteiger partial charge in [-0.2, -0.15) is 0 Å². The van der Waals surface area contributed by atoms with Crippen LogP contribution in [0.25, 0.3) is 12.2 Å². The molecule has 2 heterocycles. The number of aldehydes is 1. The molecule has 0 spiro atoms. The predicted molar refractivity (Wildman–Crippen MR) is 96.3 cm³/mol. The topological polar surface area (TPSA) is 34.9 Å². The van der Waals surface area contributed by atoms with Crippen LogP contribution < -0.4 is 0 Å². The number of unbranched alkanes of at least 4 members (excludes halogenated alkanes) is 1. The lowest BCUT2D eigenvalue weighted by molar-refractivity contribution is 0.111. The van der Waals surface area contributed by atoms with Gasteiger partial charge in [0.05, 0.1) is 5.69 Å². The first kappa shape index (κ1) is 17.2. The van der Waals surface area contributed by atoms with E-state index in [1.165, 1.54) is 19.3 Å². The standard InChI is InChI=1S/C20H26N2O/c1-3-5-6-17(4-2)15-22-19(9-10-20(22)16-23)8-7-18-11-13-21-14-12-18/h7-14,16-17H,3-6,15H2,1-2H3/b8-7+. The summed E-state index contributed by atoms with van der Waals surface area (Å²) in [4.78, 5) is 15.4. The van der Waals surface area contributed by atoms with Gasteiger partial charge in [0.25, 0.3) is 0 Å². The Morgan fingerprint density at radius 1 is 1.09 bits per heavy atom. The number of hydrogen-bond acceptors (Lipinski definition) is 2. The number of rotatable bonds is 9. The van der Waals surface area contributed by atoms with Gasteiger partial charge in [-0.3, -0.25) is 9.78 Å². The molecule has 0 N–H and O–H groups in total. The van der Waals surface area contributed by atoms with Gasteiger partial charge in [-0.25, -0.2) is 0 Å².